The first-order valence-electron chi connectivity index (χ1n) is 5.03. The molecule has 2 N–H and O–H groups in total. The third-order valence-electron chi connectivity index (χ3n) is 2.92. The van der Waals surface area contributed by atoms with Gasteiger partial charge in [-0.2, -0.15) is 0 Å². The summed E-state index contributed by atoms with van der Waals surface area (Å²) in [6.07, 6.45) is 1.51. The number of anilines is 1. The Hall–Kier alpha value is -1.85. The molecule has 1 saturated carbocycles. The number of carboxylic acid groups (broad SMARTS) is 1. The van der Waals surface area contributed by atoms with Gasteiger partial charge < -0.3 is 9.63 Å². The number of carboxylic acids is 1. The number of hydrogen-bond donors (Lipinski definition) is 2. The van der Waals surface area contributed by atoms with E-state index in [1.807, 2.05) is 0 Å². The summed E-state index contributed by atoms with van der Waals surface area (Å²) in [6.45, 7) is 1.72. The highest BCUT2D eigenvalue weighted by Crippen LogP contribution is 2.42. The van der Waals surface area contributed by atoms with Crippen LogP contribution in [0.2, 0.25) is 0 Å². The second-order valence-electron chi connectivity index (χ2n) is 4.03. The zero-order valence-corrected chi connectivity index (χ0v) is 8.82. The monoisotopic (exact) mass is 224 g/mol. The van der Waals surface area contributed by atoms with Gasteiger partial charge in [-0.3, -0.25) is 14.9 Å². The molecule has 1 aliphatic rings. The first kappa shape index (κ1) is 10.7. The second-order valence-corrected chi connectivity index (χ2v) is 4.03. The van der Waals surface area contributed by atoms with Crippen LogP contribution in [0, 0.1) is 12.3 Å². The first-order chi connectivity index (χ1) is 7.54. The third kappa shape index (κ3) is 1.56. The Morgan fingerprint density at radius 1 is 1.56 bits per heavy atom. The fourth-order valence-electron chi connectivity index (χ4n) is 1.72. The average Bonchev–Trinajstić information content (AvgIpc) is 2.47. The lowest BCUT2D eigenvalue weighted by atomic mass is 9.68. The molecule has 16 heavy (non-hydrogen) atoms. The van der Waals surface area contributed by atoms with Crippen LogP contribution in [0.15, 0.2) is 10.6 Å². The van der Waals surface area contributed by atoms with Crippen LogP contribution in [0.5, 0.6) is 0 Å². The van der Waals surface area contributed by atoms with Crippen LogP contribution >= 0.6 is 0 Å². The van der Waals surface area contributed by atoms with Crippen molar-refractivity contribution in [3.63, 3.8) is 0 Å². The maximum Gasteiger partial charge on any atom is 0.319 e. The summed E-state index contributed by atoms with van der Waals surface area (Å²) in [5.41, 5.74) is -0.644. The van der Waals surface area contributed by atoms with E-state index in [-0.39, 0.29) is 5.88 Å². The number of amides is 1. The van der Waals surface area contributed by atoms with Gasteiger partial charge in [0.1, 0.15) is 5.41 Å². The van der Waals surface area contributed by atoms with Gasteiger partial charge in [-0.05, 0) is 19.8 Å². The summed E-state index contributed by atoms with van der Waals surface area (Å²) in [7, 11) is 0. The highest BCUT2D eigenvalue weighted by atomic mass is 16.5. The minimum atomic E-state index is -1.28. The largest absolute Gasteiger partial charge is 0.480 e. The smallest absolute Gasteiger partial charge is 0.319 e. The highest BCUT2D eigenvalue weighted by Gasteiger charge is 2.51. The standard InChI is InChI=1S/C10H12N2O4/c1-6-5-7(16-12-6)11-8(13)10(9(14)15)3-2-4-10/h5H,2-4H2,1H3,(H,11,13)(H,14,15). The summed E-state index contributed by atoms with van der Waals surface area (Å²) < 4.78 is 4.80. The van der Waals surface area contributed by atoms with Crippen molar-refractivity contribution in [2.45, 2.75) is 26.2 Å². The quantitative estimate of drug-likeness (QED) is 0.752. The van der Waals surface area contributed by atoms with E-state index in [1.54, 1.807) is 13.0 Å². The summed E-state index contributed by atoms with van der Waals surface area (Å²) in [4.78, 5) is 22.8. The molecule has 0 unspecified atom stereocenters. The van der Waals surface area contributed by atoms with Crippen molar-refractivity contribution in [3.8, 4) is 0 Å². The number of aliphatic carboxylic acids is 1. The predicted molar refractivity (Wildman–Crippen MR) is 53.8 cm³/mol. The molecule has 1 aromatic rings. The molecule has 1 fully saturated rings. The van der Waals surface area contributed by atoms with Gasteiger partial charge in [0.05, 0.1) is 5.69 Å². The molecule has 1 aromatic heterocycles. The first-order valence-corrected chi connectivity index (χ1v) is 5.03. The lowest BCUT2D eigenvalue weighted by Gasteiger charge is -2.35. The highest BCUT2D eigenvalue weighted by molar-refractivity contribution is 6.08. The van der Waals surface area contributed by atoms with Crippen LogP contribution in [-0.4, -0.2) is 22.1 Å². The minimum Gasteiger partial charge on any atom is -0.480 e. The Morgan fingerprint density at radius 3 is 2.62 bits per heavy atom. The SMILES string of the molecule is Cc1cc(NC(=O)C2(C(=O)O)CCC2)on1. The number of carbonyl (C=O) groups excluding carboxylic acids is 1. The van der Waals surface area contributed by atoms with Gasteiger partial charge in [-0.15, -0.1) is 0 Å². The molecule has 0 aliphatic heterocycles. The lowest BCUT2D eigenvalue weighted by molar-refractivity contribution is -0.159. The van der Waals surface area contributed by atoms with E-state index in [1.165, 1.54) is 0 Å². The number of aromatic nitrogens is 1. The molecule has 0 saturated heterocycles. The van der Waals surface area contributed by atoms with Crippen molar-refractivity contribution >= 4 is 17.8 Å². The van der Waals surface area contributed by atoms with E-state index in [4.69, 9.17) is 9.63 Å². The molecule has 6 heteroatoms. The molecule has 1 aliphatic carbocycles. The van der Waals surface area contributed by atoms with Crippen LogP contribution in [0.3, 0.4) is 0 Å². The zero-order valence-electron chi connectivity index (χ0n) is 8.82. The maximum absolute atomic E-state index is 11.8. The van der Waals surface area contributed by atoms with E-state index in [0.29, 0.717) is 18.5 Å². The van der Waals surface area contributed by atoms with Gasteiger partial charge >= 0.3 is 5.97 Å². The molecule has 0 atom stereocenters. The number of hydrogen-bond acceptors (Lipinski definition) is 4. The number of carbonyl (C=O) groups is 2. The molecule has 1 amide bonds. The number of rotatable bonds is 3. The van der Waals surface area contributed by atoms with Crippen LogP contribution in [-0.2, 0) is 9.59 Å². The van der Waals surface area contributed by atoms with Crippen LogP contribution in [0.25, 0.3) is 0 Å². The molecule has 1 heterocycles. The zero-order chi connectivity index (χ0) is 11.8. The van der Waals surface area contributed by atoms with E-state index in [0.717, 1.165) is 6.42 Å². The van der Waals surface area contributed by atoms with E-state index < -0.39 is 17.3 Å². The summed E-state index contributed by atoms with van der Waals surface area (Å²) in [5.74, 6) is -1.41. The normalized spacial score (nSPS) is 17.6. The average molecular weight is 224 g/mol. The number of aryl methyl sites for hydroxylation is 1. The van der Waals surface area contributed by atoms with Gasteiger partial charge in [-0.25, -0.2) is 0 Å². The van der Waals surface area contributed by atoms with Crippen molar-refractivity contribution in [2.75, 3.05) is 5.32 Å². The Bertz CT molecular complexity index is 434. The van der Waals surface area contributed by atoms with Crippen LogP contribution in [0.4, 0.5) is 5.88 Å². The molecule has 6 nitrogen and oxygen atoms in total. The second kappa shape index (κ2) is 3.62. The molecule has 0 bridgehead atoms. The molecular formula is C10H12N2O4. The predicted octanol–water partition coefficient (Wildman–Crippen LogP) is 1.18. The van der Waals surface area contributed by atoms with E-state index in [9.17, 15) is 9.59 Å². The third-order valence-corrected chi connectivity index (χ3v) is 2.92. The van der Waals surface area contributed by atoms with Gasteiger partial charge in [0.2, 0.25) is 11.8 Å². The fourth-order valence-corrected chi connectivity index (χ4v) is 1.72. The van der Waals surface area contributed by atoms with Crippen molar-refractivity contribution in [2.24, 2.45) is 5.41 Å². The Kier molecular flexibility index (Phi) is 2.41. The summed E-state index contributed by atoms with van der Waals surface area (Å²) >= 11 is 0. The molecule has 86 valence electrons. The molecule has 0 aromatic carbocycles. The molecule has 0 spiro atoms. The van der Waals surface area contributed by atoms with Crippen molar-refractivity contribution < 1.29 is 19.2 Å². The van der Waals surface area contributed by atoms with Crippen molar-refractivity contribution in [3.05, 3.63) is 11.8 Å². The van der Waals surface area contributed by atoms with E-state index >= 15 is 0 Å². The topological polar surface area (TPSA) is 92.4 Å². The minimum absolute atomic E-state index is 0.190. The lowest BCUT2D eigenvalue weighted by Crippen LogP contribution is -2.48. The summed E-state index contributed by atoms with van der Waals surface area (Å²) in [6, 6.07) is 1.55. The van der Waals surface area contributed by atoms with Gasteiger partial charge in [0.15, 0.2) is 0 Å². The Balaban J connectivity index is 2.10. The van der Waals surface area contributed by atoms with Crippen molar-refractivity contribution in [1.29, 1.82) is 0 Å². The van der Waals surface area contributed by atoms with Crippen LogP contribution in [0.1, 0.15) is 25.0 Å². The van der Waals surface area contributed by atoms with Gasteiger partial charge in [0.25, 0.3) is 0 Å². The molecular weight excluding hydrogens is 212 g/mol. The van der Waals surface area contributed by atoms with Crippen molar-refractivity contribution in [1.82, 2.24) is 5.16 Å². The number of nitrogens with one attached hydrogen (secondary N) is 1. The van der Waals surface area contributed by atoms with Crippen LogP contribution < -0.4 is 5.32 Å². The molecule has 2 rings (SSSR count). The maximum atomic E-state index is 11.8. The molecule has 0 radical (unpaired) electrons. The fraction of sp³-hybridized carbons (Fsp3) is 0.500. The van der Waals surface area contributed by atoms with Gasteiger partial charge in [0, 0.05) is 6.07 Å². The number of nitrogens with zero attached hydrogens (tertiary/aromatic N) is 1. The van der Waals surface area contributed by atoms with Gasteiger partial charge in [-0.1, -0.05) is 11.6 Å². The Morgan fingerprint density at radius 2 is 2.25 bits per heavy atom. The summed E-state index contributed by atoms with van der Waals surface area (Å²) in [5, 5.41) is 15.1. The van der Waals surface area contributed by atoms with E-state index in [2.05, 4.69) is 10.5 Å². The Labute approximate surface area is 91.6 Å².